The zero-order valence-electron chi connectivity index (χ0n) is 7.79. The van der Waals surface area contributed by atoms with Crippen LogP contribution in [0.25, 0.3) is 0 Å². The van der Waals surface area contributed by atoms with Gasteiger partial charge in [-0.05, 0) is 12.1 Å². The zero-order valence-corrected chi connectivity index (χ0v) is 8.61. The molecule has 14 heavy (non-hydrogen) atoms. The highest BCUT2D eigenvalue weighted by Crippen LogP contribution is 2.19. The predicted octanol–water partition coefficient (Wildman–Crippen LogP) is 0.0782. The first-order chi connectivity index (χ1) is 6.62. The SMILES string of the molecule is CN(c1ccccn1)S(=O)(=O)N1CC1. The molecule has 0 N–H and O–H groups in total. The fourth-order valence-corrected chi connectivity index (χ4v) is 2.34. The lowest BCUT2D eigenvalue weighted by Gasteiger charge is -2.17. The summed E-state index contributed by atoms with van der Waals surface area (Å²) in [5.74, 6) is 0.444. The lowest BCUT2D eigenvalue weighted by molar-refractivity contribution is 0.561. The van der Waals surface area contributed by atoms with Gasteiger partial charge in [0.25, 0.3) is 0 Å². The average molecular weight is 213 g/mol. The number of anilines is 1. The fourth-order valence-electron chi connectivity index (χ4n) is 1.10. The monoisotopic (exact) mass is 213 g/mol. The van der Waals surface area contributed by atoms with Gasteiger partial charge in [-0.2, -0.15) is 12.7 Å². The molecule has 0 amide bonds. The van der Waals surface area contributed by atoms with E-state index in [1.54, 1.807) is 24.4 Å². The standard InChI is InChI=1S/C8H11N3O2S/c1-10(8-4-2-3-5-9-8)14(12,13)11-6-7-11/h2-5H,6-7H2,1H3. The lowest BCUT2D eigenvalue weighted by atomic mass is 10.5. The number of rotatable bonds is 3. The fraction of sp³-hybridized carbons (Fsp3) is 0.375. The van der Waals surface area contributed by atoms with Crippen molar-refractivity contribution in [2.24, 2.45) is 0 Å². The summed E-state index contributed by atoms with van der Waals surface area (Å²) in [6, 6.07) is 5.18. The van der Waals surface area contributed by atoms with Gasteiger partial charge in [-0.25, -0.2) is 9.29 Å². The van der Waals surface area contributed by atoms with E-state index in [0.717, 1.165) is 0 Å². The Bertz CT molecular complexity index is 413. The van der Waals surface area contributed by atoms with Crippen molar-refractivity contribution in [1.82, 2.24) is 9.29 Å². The van der Waals surface area contributed by atoms with Crippen LogP contribution in [0.3, 0.4) is 0 Å². The van der Waals surface area contributed by atoms with Crippen LogP contribution < -0.4 is 4.31 Å². The van der Waals surface area contributed by atoms with E-state index >= 15 is 0 Å². The largest absolute Gasteiger partial charge is 0.305 e. The third-order valence-electron chi connectivity index (χ3n) is 2.05. The maximum Gasteiger partial charge on any atom is 0.305 e. The second-order valence-electron chi connectivity index (χ2n) is 3.06. The molecule has 1 aliphatic heterocycles. The van der Waals surface area contributed by atoms with E-state index in [1.165, 1.54) is 15.7 Å². The van der Waals surface area contributed by atoms with Crippen LogP contribution >= 0.6 is 0 Å². The summed E-state index contributed by atoms with van der Waals surface area (Å²) in [5.41, 5.74) is 0. The molecule has 0 spiro atoms. The number of pyridine rings is 1. The average Bonchev–Trinajstić information content (AvgIpc) is 3.01. The van der Waals surface area contributed by atoms with Crippen LogP contribution in [0.5, 0.6) is 0 Å². The summed E-state index contributed by atoms with van der Waals surface area (Å²) in [6.07, 6.45) is 1.57. The minimum absolute atomic E-state index is 0.444. The summed E-state index contributed by atoms with van der Waals surface area (Å²) in [5, 5.41) is 0. The van der Waals surface area contributed by atoms with Gasteiger partial charge in [0, 0.05) is 26.3 Å². The molecule has 1 aromatic heterocycles. The molecule has 0 aliphatic carbocycles. The Labute approximate surface area is 83.2 Å². The Balaban J connectivity index is 2.28. The molecular weight excluding hydrogens is 202 g/mol. The Hall–Kier alpha value is -1.14. The molecule has 0 radical (unpaired) electrons. The van der Waals surface area contributed by atoms with Gasteiger partial charge in [0.2, 0.25) is 0 Å². The molecule has 76 valence electrons. The molecule has 1 aliphatic rings. The van der Waals surface area contributed by atoms with Crippen LogP contribution in [0.2, 0.25) is 0 Å². The molecule has 0 unspecified atom stereocenters. The highest BCUT2D eigenvalue weighted by Gasteiger charge is 2.35. The van der Waals surface area contributed by atoms with Gasteiger partial charge in [-0.1, -0.05) is 6.07 Å². The molecule has 2 heterocycles. The van der Waals surface area contributed by atoms with E-state index < -0.39 is 10.2 Å². The summed E-state index contributed by atoms with van der Waals surface area (Å²) < 4.78 is 26.0. The zero-order chi connectivity index (χ0) is 10.2. The number of hydrogen-bond donors (Lipinski definition) is 0. The summed E-state index contributed by atoms with van der Waals surface area (Å²) in [7, 11) is -1.80. The number of nitrogens with zero attached hydrogens (tertiary/aromatic N) is 3. The maximum atomic E-state index is 11.7. The molecular formula is C8H11N3O2S. The number of hydrogen-bond acceptors (Lipinski definition) is 3. The Morgan fingerprint density at radius 1 is 1.43 bits per heavy atom. The van der Waals surface area contributed by atoms with Gasteiger partial charge >= 0.3 is 10.2 Å². The molecule has 5 nitrogen and oxygen atoms in total. The quantitative estimate of drug-likeness (QED) is 0.668. The van der Waals surface area contributed by atoms with Crippen molar-refractivity contribution >= 4 is 16.0 Å². The van der Waals surface area contributed by atoms with Crippen molar-refractivity contribution in [1.29, 1.82) is 0 Å². The summed E-state index contributed by atoms with van der Waals surface area (Å²) in [6.45, 7) is 1.22. The highest BCUT2D eigenvalue weighted by molar-refractivity contribution is 7.90. The molecule has 1 fully saturated rings. The summed E-state index contributed by atoms with van der Waals surface area (Å²) >= 11 is 0. The second-order valence-corrected chi connectivity index (χ2v) is 5.02. The molecule has 0 saturated carbocycles. The first kappa shape index (κ1) is 9.42. The topological polar surface area (TPSA) is 53.3 Å². The van der Waals surface area contributed by atoms with E-state index in [-0.39, 0.29) is 0 Å². The molecule has 0 bridgehead atoms. The third-order valence-corrected chi connectivity index (χ3v) is 3.95. The van der Waals surface area contributed by atoms with Crippen molar-refractivity contribution in [2.45, 2.75) is 0 Å². The Morgan fingerprint density at radius 3 is 2.64 bits per heavy atom. The Kier molecular flexibility index (Phi) is 2.16. The molecule has 2 rings (SSSR count). The van der Waals surface area contributed by atoms with Crippen molar-refractivity contribution in [3.63, 3.8) is 0 Å². The van der Waals surface area contributed by atoms with E-state index in [0.29, 0.717) is 18.9 Å². The molecule has 1 saturated heterocycles. The Morgan fingerprint density at radius 2 is 2.14 bits per heavy atom. The molecule has 0 aromatic carbocycles. The molecule has 0 atom stereocenters. The van der Waals surface area contributed by atoms with E-state index in [4.69, 9.17) is 0 Å². The molecule has 1 aromatic rings. The normalized spacial score (nSPS) is 16.6. The van der Waals surface area contributed by atoms with Gasteiger partial charge in [0.05, 0.1) is 0 Å². The van der Waals surface area contributed by atoms with Gasteiger partial charge < -0.3 is 0 Å². The van der Waals surface area contributed by atoms with E-state index in [2.05, 4.69) is 4.98 Å². The maximum absolute atomic E-state index is 11.7. The second kappa shape index (κ2) is 3.21. The van der Waals surface area contributed by atoms with Gasteiger partial charge in [0.1, 0.15) is 5.82 Å². The van der Waals surface area contributed by atoms with Crippen LogP contribution in [0, 0.1) is 0 Å². The van der Waals surface area contributed by atoms with E-state index in [1.807, 2.05) is 0 Å². The minimum atomic E-state index is -3.31. The van der Waals surface area contributed by atoms with Crippen LogP contribution in [0.4, 0.5) is 5.82 Å². The van der Waals surface area contributed by atoms with E-state index in [9.17, 15) is 8.42 Å². The van der Waals surface area contributed by atoms with Crippen molar-refractivity contribution in [3.05, 3.63) is 24.4 Å². The van der Waals surface area contributed by atoms with Gasteiger partial charge in [0.15, 0.2) is 0 Å². The van der Waals surface area contributed by atoms with Crippen LogP contribution in [-0.4, -0.2) is 37.8 Å². The van der Waals surface area contributed by atoms with Gasteiger partial charge in [-0.15, -0.1) is 0 Å². The molecule has 6 heteroatoms. The van der Waals surface area contributed by atoms with Crippen LogP contribution in [0.15, 0.2) is 24.4 Å². The van der Waals surface area contributed by atoms with Crippen molar-refractivity contribution in [2.75, 3.05) is 24.4 Å². The van der Waals surface area contributed by atoms with Crippen LogP contribution in [0.1, 0.15) is 0 Å². The van der Waals surface area contributed by atoms with Crippen LogP contribution in [-0.2, 0) is 10.2 Å². The van der Waals surface area contributed by atoms with Crippen molar-refractivity contribution < 1.29 is 8.42 Å². The highest BCUT2D eigenvalue weighted by atomic mass is 32.2. The lowest BCUT2D eigenvalue weighted by Crippen LogP contribution is -2.32. The minimum Gasteiger partial charge on any atom is -0.244 e. The first-order valence-electron chi connectivity index (χ1n) is 4.27. The number of aromatic nitrogens is 1. The van der Waals surface area contributed by atoms with Gasteiger partial charge in [-0.3, -0.25) is 0 Å². The first-order valence-corrected chi connectivity index (χ1v) is 5.67. The predicted molar refractivity (Wildman–Crippen MR) is 53.1 cm³/mol. The van der Waals surface area contributed by atoms with Crippen molar-refractivity contribution in [3.8, 4) is 0 Å². The third kappa shape index (κ3) is 1.58. The summed E-state index contributed by atoms with van der Waals surface area (Å²) in [4.78, 5) is 3.98. The smallest absolute Gasteiger partial charge is 0.244 e.